The number of benzene rings is 1. The van der Waals surface area contributed by atoms with Crippen molar-refractivity contribution in [2.45, 2.75) is 62.9 Å². The van der Waals surface area contributed by atoms with Crippen LogP contribution in [0, 0.1) is 0 Å². The molecule has 1 amide bonds. The molecule has 1 aliphatic heterocycles. The third-order valence-electron chi connectivity index (χ3n) is 5.84. The van der Waals surface area contributed by atoms with E-state index in [-0.39, 0.29) is 15.9 Å². The summed E-state index contributed by atoms with van der Waals surface area (Å²) in [5, 5.41) is 8.73. The van der Waals surface area contributed by atoms with Crippen molar-refractivity contribution >= 4 is 44.0 Å². The standard InChI is InChI=1S/C21H25N5O4S2/c1-3-16-24-25-20(31-16)26-32(28,29)15-9-7-14(8-10-15)23-19-17(18(22)27)13(2)21(30-19)11-5-4-6-12-21/h7-10H,3-6,11-12H2,1-2H3,(H2,22,27)(H,25,26). The van der Waals surface area contributed by atoms with Crippen LogP contribution in [0.2, 0.25) is 0 Å². The second kappa shape index (κ2) is 8.62. The number of ether oxygens (including phenoxy) is 1. The van der Waals surface area contributed by atoms with Crippen LogP contribution < -0.4 is 10.5 Å². The van der Waals surface area contributed by atoms with E-state index >= 15 is 0 Å². The van der Waals surface area contributed by atoms with Crippen molar-refractivity contribution in [2.24, 2.45) is 10.7 Å². The first-order valence-electron chi connectivity index (χ1n) is 10.5. The molecule has 4 rings (SSSR count). The Morgan fingerprint density at radius 3 is 2.50 bits per heavy atom. The Kier molecular flexibility index (Phi) is 6.04. The van der Waals surface area contributed by atoms with Gasteiger partial charge in [-0.25, -0.2) is 13.4 Å². The Labute approximate surface area is 190 Å². The maximum absolute atomic E-state index is 12.6. The highest BCUT2D eigenvalue weighted by Crippen LogP contribution is 2.44. The first-order chi connectivity index (χ1) is 15.2. The van der Waals surface area contributed by atoms with E-state index in [4.69, 9.17) is 10.5 Å². The van der Waals surface area contributed by atoms with E-state index in [0.717, 1.165) is 42.7 Å². The molecule has 1 aliphatic carbocycles. The van der Waals surface area contributed by atoms with Gasteiger partial charge in [0.25, 0.3) is 15.9 Å². The van der Waals surface area contributed by atoms with Gasteiger partial charge in [0.15, 0.2) is 0 Å². The van der Waals surface area contributed by atoms with Gasteiger partial charge in [-0.15, -0.1) is 10.2 Å². The smallest absolute Gasteiger partial charge is 0.263 e. The van der Waals surface area contributed by atoms with Crippen LogP contribution in [0.4, 0.5) is 10.8 Å². The van der Waals surface area contributed by atoms with Crippen LogP contribution in [0.15, 0.2) is 45.3 Å². The van der Waals surface area contributed by atoms with Crippen LogP contribution in [-0.2, 0) is 26.0 Å². The quantitative estimate of drug-likeness (QED) is 0.656. The highest BCUT2D eigenvalue weighted by atomic mass is 32.2. The Hall–Kier alpha value is -2.79. The number of aromatic nitrogens is 2. The van der Waals surface area contributed by atoms with Gasteiger partial charge in [-0.05, 0) is 68.9 Å². The van der Waals surface area contributed by atoms with Gasteiger partial charge in [-0.3, -0.25) is 9.52 Å². The Morgan fingerprint density at radius 2 is 1.91 bits per heavy atom. The summed E-state index contributed by atoms with van der Waals surface area (Å²) in [6, 6.07) is 6.00. The van der Waals surface area contributed by atoms with Crippen LogP contribution in [0.1, 0.15) is 51.0 Å². The molecule has 170 valence electrons. The third kappa shape index (κ3) is 4.26. The molecule has 9 nitrogen and oxygen atoms in total. The van der Waals surface area contributed by atoms with Crippen molar-refractivity contribution in [3.8, 4) is 0 Å². The van der Waals surface area contributed by atoms with Gasteiger partial charge in [-0.1, -0.05) is 24.7 Å². The maximum atomic E-state index is 12.6. The number of nitrogens with two attached hydrogens (primary N) is 1. The number of hydrogen-bond acceptors (Lipinski definition) is 8. The summed E-state index contributed by atoms with van der Waals surface area (Å²) in [6.45, 7) is 3.80. The summed E-state index contributed by atoms with van der Waals surface area (Å²) in [5.41, 5.74) is 6.72. The summed E-state index contributed by atoms with van der Waals surface area (Å²) < 4.78 is 33.9. The first-order valence-corrected chi connectivity index (χ1v) is 12.8. The Balaban J connectivity index is 1.58. The Morgan fingerprint density at radius 1 is 1.22 bits per heavy atom. The molecule has 2 heterocycles. The fourth-order valence-electron chi connectivity index (χ4n) is 4.10. The number of aryl methyl sites for hydroxylation is 1. The number of nitrogens with zero attached hydrogens (tertiary/aromatic N) is 3. The molecule has 32 heavy (non-hydrogen) atoms. The van der Waals surface area contributed by atoms with Crippen LogP contribution in [-0.4, -0.2) is 36.0 Å². The SMILES string of the molecule is CCc1nnc(NS(=O)(=O)c2ccc(N=C3OC4(CCCCC4)C(C)=C3C(N)=O)cc2)s1. The number of anilines is 1. The summed E-state index contributed by atoms with van der Waals surface area (Å²) in [7, 11) is -3.81. The molecule has 2 aromatic rings. The lowest BCUT2D eigenvalue weighted by Gasteiger charge is -2.34. The summed E-state index contributed by atoms with van der Waals surface area (Å²) >= 11 is 1.19. The number of nitrogens with one attached hydrogen (secondary N) is 1. The number of carbonyl (C=O) groups is 1. The second-order valence-electron chi connectivity index (χ2n) is 7.89. The molecule has 0 atom stereocenters. The molecule has 1 spiro atoms. The fraction of sp³-hybridized carbons (Fsp3) is 0.429. The zero-order valence-corrected chi connectivity index (χ0v) is 19.6. The van der Waals surface area contributed by atoms with Crippen LogP contribution in [0.5, 0.6) is 0 Å². The lowest BCUT2D eigenvalue weighted by atomic mass is 9.79. The lowest BCUT2D eigenvalue weighted by Crippen LogP contribution is -2.33. The lowest BCUT2D eigenvalue weighted by molar-refractivity contribution is -0.114. The van der Waals surface area contributed by atoms with E-state index in [1.54, 1.807) is 12.1 Å². The van der Waals surface area contributed by atoms with E-state index in [1.807, 2.05) is 13.8 Å². The average Bonchev–Trinajstić information content (AvgIpc) is 3.31. The average molecular weight is 476 g/mol. The van der Waals surface area contributed by atoms with Crippen molar-refractivity contribution in [2.75, 3.05) is 4.72 Å². The van der Waals surface area contributed by atoms with Gasteiger partial charge in [0.2, 0.25) is 11.0 Å². The molecule has 2 aliphatic rings. The highest BCUT2D eigenvalue weighted by molar-refractivity contribution is 7.93. The number of sulfonamides is 1. The fourth-order valence-corrected chi connectivity index (χ4v) is 6.01. The van der Waals surface area contributed by atoms with Crippen molar-refractivity contribution in [3.05, 3.63) is 40.4 Å². The molecule has 0 radical (unpaired) electrons. The minimum absolute atomic E-state index is 0.0626. The van der Waals surface area contributed by atoms with Gasteiger partial charge < -0.3 is 10.5 Å². The number of rotatable bonds is 6. The first kappa shape index (κ1) is 22.4. The molecular formula is C21H25N5O4S2. The summed E-state index contributed by atoms with van der Waals surface area (Å²) in [6.07, 6.45) is 5.50. The molecule has 1 aromatic carbocycles. The summed E-state index contributed by atoms with van der Waals surface area (Å²) in [4.78, 5) is 16.7. The van der Waals surface area contributed by atoms with Gasteiger partial charge in [0.05, 0.1) is 10.6 Å². The van der Waals surface area contributed by atoms with E-state index in [9.17, 15) is 13.2 Å². The van der Waals surface area contributed by atoms with Crippen LogP contribution in [0.3, 0.4) is 0 Å². The molecule has 1 saturated carbocycles. The second-order valence-corrected chi connectivity index (χ2v) is 10.6. The van der Waals surface area contributed by atoms with Crippen molar-refractivity contribution in [1.29, 1.82) is 0 Å². The number of hydrogen-bond donors (Lipinski definition) is 2. The zero-order chi connectivity index (χ0) is 22.9. The van der Waals surface area contributed by atoms with Crippen LogP contribution >= 0.6 is 11.3 Å². The van der Waals surface area contributed by atoms with Gasteiger partial charge in [0.1, 0.15) is 16.2 Å². The molecule has 0 bridgehead atoms. The number of carbonyl (C=O) groups excluding carboxylic acids is 1. The minimum atomic E-state index is -3.81. The van der Waals surface area contributed by atoms with Gasteiger partial charge in [0, 0.05) is 0 Å². The van der Waals surface area contributed by atoms with Crippen molar-refractivity contribution < 1.29 is 17.9 Å². The molecule has 1 fully saturated rings. The summed E-state index contributed by atoms with van der Waals surface area (Å²) in [5.74, 6) is -0.373. The van der Waals surface area contributed by atoms with E-state index in [2.05, 4.69) is 19.9 Å². The topological polar surface area (TPSA) is 137 Å². The number of aliphatic imine (C=N–C) groups is 1. The monoisotopic (exact) mass is 475 g/mol. The predicted molar refractivity (Wildman–Crippen MR) is 122 cm³/mol. The molecule has 11 heteroatoms. The minimum Gasteiger partial charge on any atom is -0.466 e. The van der Waals surface area contributed by atoms with Crippen molar-refractivity contribution in [1.82, 2.24) is 10.2 Å². The van der Waals surface area contributed by atoms with Gasteiger partial charge >= 0.3 is 0 Å². The Bertz CT molecular complexity index is 1190. The number of amides is 1. The maximum Gasteiger partial charge on any atom is 0.263 e. The zero-order valence-electron chi connectivity index (χ0n) is 17.9. The highest BCUT2D eigenvalue weighted by Gasteiger charge is 2.46. The molecule has 1 aromatic heterocycles. The normalized spacial score (nSPS) is 19.4. The van der Waals surface area contributed by atoms with Crippen molar-refractivity contribution in [3.63, 3.8) is 0 Å². The third-order valence-corrected chi connectivity index (χ3v) is 8.31. The molecular weight excluding hydrogens is 450 g/mol. The number of primary amides is 1. The van der Waals surface area contributed by atoms with Gasteiger partial charge in [-0.2, -0.15) is 0 Å². The van der Waals surface area contributed by atoms with Crippen LogP contribution in [0.25, 0.3) is 0 Å². The molecule has 3 N–H and O–H groups in total. The van der Waals surface area contributed by atoms with E-state index in [1.165, 1.54) is 23.5 Å². The van der Waals surface area contributed by atoms with E-state index in [0.29, 0.717) is 17.7 Å². The molecule has 0 saturated heterocycles. The predicted octanol–water partition coefficient (Wildman–Crippen LogP) is 3.47. The largest absolute Gasteiger partial charge is 0.466 e. The van der Waals surface area contributed by atoms with E-state index < -0.39 is 21.5 Å². The molecule has 0 unspecified atom stereocenters.